The maximum atomic E-state index is 12.3. The average Bonchev–Trinajstić information content (AvgIpc) is 2.38. The Labute approximate surface area is 122 Å². The molecule has 0 aliphatic carbocycles. The van der Waals surface area contributed by atoms with Crippen LogP contribution in [-0.2, 0) is 9.47 Å². The number of hydrogen-bond donors (Lipinski definition) is 1. The zero-order chi connectivity index (χ0) is 14.6. The van der Waals surface area contributed by atoms with E-state index in [-0.39, 0.29) is 12.1 Å². The fourth-order valence-corrected chi connectivity index (χ4v) is 2.92. The lowest BCUT2D eigenvalue weighted by Crippen LogP contribution is -2.51. The number of piperidine rings is 1. The first-order valence-electron chi connectivity index (χ1n) is 7.74. The van der Waals surface area contributed by atoms with Gasteiger partial charge < -0.3 is 19.7 Å². The third-order valence-corrected chi connectivity index (χ3v) is 3.86. The summed E-state index contributed by atoms with van der Waals surface area (Å²) in [6, 6.07) is 0.156. The van der Waals surface area contributed by atoms with Gasteiger partial charge in [0.25, 0.3) is 0 Å². The number of amides is 1. The van der Waals surface area contributed by atoms with Crippen LogP contribution in [0.1, 0.15) is 40.0 Å². The zero-order valence-corrected chi connectivity index (χ0v) is 13.0. The largest absolute Gasteiger partial charge is 0.444 e. The van der Waals surface area contributed by atoms with Crippen molar-refractivity contribution in [3.05, 3.63) is 0 Å². The molecule has 0 aromatic rings. The van der Waals surface area contributed by atoms with Crippen LogP contribution in [0.25, 0.3) is 0 Å². The molecule has 2 saturated heterocycles. The molecule has 5 nitrogen and oxygen atoms in total. The Morgan fingerprint density at radius 3 is 2.90 bits per heavy atom. The highest BCUT2D eigenvalue weighted by molar-refractivity contribution is 5.68. The van der Waals surface area contributed by atoms with Gasteiger partial charge in [-0.2, -0.15) is 0 Å². The molecule has 0 spiro atoms. The van der Waals surface area contributed by atoms with Crippen molar-refractivity contribution in [1.29, 1.82) is 0 Å². The topological polar surface area (TPSA) is 50.8 Å². The van der Waals surface area contributed by atoms with Crippen LogP contribution < -0.4 is 5.32 Å². The molecular formula is C15H28N2O3. The predicted octanol–water partition coefficient (Wildman–Crippen LogP) is 2.01. The highest BCUT2D eigenvalue weighted by Gasteiger charge is 2.32. The summed E-state index contributed by atoms with van der Waals surface area (Å²) < 4.78 is 11.1. The van der Waals surface area contributed by atoms with Crippen LogP contribution in [-0.4, -0.2) is 55.5 Å². The summed E-state index contributed by atoms with van der Waals surface area (Å²) in [5.74, 6) is 0.639. The summed E-state index contributed by atoms with van der Waals surface area (Å²) in [7, 11) is 0. The molecule has 2 heterocycles. The molecule has 2 fully saturated rings. The second-order valence-electron chi connectivity index (χ2n) is 6.85. The fraction of sp³-hybridized carbons (Fsp3) is 0.933. The molecule has 2 aliphatic heterocycles. The van der Waals surface area contributed by atoms with Gasteiger partial charge in [0.2, 0.25) is 0 Å². The quantitative estimate of drug-likeness (QED) is 0.843. The predicted molar refractivity (Wildman–Crippen MR) is 77.8 cm³/mol. The Morgan fingerprint density at radius 1 is 1.45 bits per heavy atom. The van der Waals surface area contributed by atoms with Gasteiger partial charge in [0.1, 0.15) is 5.60 Å². The van der Waals surface area contributed by atoms with Crippen LogP contribution in [0.5, 0.6) is 0 Å². The molecule has 1 N–H and O–H groups in total. The molecule has 116 valence electrons. The minimum Gasteiger partial charge on any atom is -0.444 e. The SMILES string of the molecule is CC(C)(C)OC(=O)N1CCOCC1CC1CCCNC1. The van der Waals surface area contributed by atoms with Gasteiger partial charge in [-0.1, -0.05) is 0 Å². The van der Waals surface area contributed by atoms with E-state index in [4.69, 9.17) is 9.47 Å². The minimum atomic E-state index is -0.438. The summed E-state index contributed by atoms with van der Waals surface area (Å²) >= 11 is 0. The highest BCUT2D eigenvalue weighted by Crippen LogP contribution is 2.22. The number of nitrogens with one attached hydrogen (secondary N) is 1. The van der Waals surface area contributed by atoms with Crippen molar-refractivity contribution in [1.82, 2.24) is 10.2 Å². The second kappa shape index (κ2) is 6.76. The smallest absolute Gasteiger partial charge is 0.410 e. The van der Waals surface area contributed by atoms with Gasteiger partial charge in [0.15, 0.2) is 0 Å². The summed E-state index contributed by atoms with van der Waals surface area (Å²) in [5.41, 5.74) is -0.438. The lowest BCUT2D eigenvalue weighted by molar-refractivity contribution is -0.0379. The van der Waals surface area contributed by atoms with E-state index in [1.165, 1.54) is 12.8 Å². The molecule has 2 aliphatic rings. The highest BCUT2D eigenvalue weighted by atomic mass is 16.6. The van der Waals surface area contributed by atoms with E-state index in [9.17, 15) is 4.79 Å². The Kier molecular flexibility index (Phi) is 5.27. The molecule has 0 aromatic heterocycles. The molecule has 2 rings (SSSR count). The van der Waals surface area contributed by atoms with Crippen molar-refractivity contribution >= 4 is 6.09 Å². The number of rotatable bonds is 2. The average molecular weight is 284 g/mol. The Hall–Kier alpha value is -0.810. The summed E-state index contributed by atoms with van der Waals surface area (Å²) in [5, 5.41) is 3.43. The van der Waals surface area contributed by atoms with Crippen molar-refractivity contribution < 1.29 is 14.3 Å². The maximum absolute atomic E-state index is 12.3. The van der Waals surface area contributed by atoms with Crippen LogP contribution in [0.3, 0.4) is 0 Å². The van der Waals surface area contributed by atoms with Gasteiger partial charge in [0, 0.05) is 6.54 Å². The van der Waals surface area contributed by atoms with Gasteiger partial charge in [0.05, 0.1) is 19.3 Å². The number of carbonyl (C=O) groups is 1. The van der Waals surface area contributed by atoms with Crippen molar-refractivity contribution in [2.45, 2.75) is 51.7 Å². The molecule has 2 atom stereocenters. The van der Waals surface area contributed by atoms with E-state index in [2.05, 4.69) is 5.32 Å². The molecule has 0 radical (unpaired) electrons. The number of carbonyl (C=O) groups excluding carboxylic acids is 1. The third-order valence-electron chi connectivity index (χ3n) is 3.86. The molecular weight excluding hydrogens is 256 g/mol. The van der Waals surface area contributed by atoms with Crippen LogP contribution in [0.15, 0.2) is 0 Å². The van der Waals surface area contributed by atoms with Gasteiger partial charge >= 0.3 is 6.09 Å². The first-order chi connectivity index (χ1) is 9.46. The first-order valence-corrected chi connectivity index (χ1v) is 7.74. The monoisotopic (exact) mass is 284 g/mol. The van der Waals surface area contributed by atoms with Crippen molar-refractivity contribution in [2.75, 3.05) is 32.8 Å². The van der Waals surface area contributed by atoms with Gasteiger partial charge in [-0.25, -0.2) is 4.79 Å². The third kappa shape index (κ3) is 4.63. The second-order valence-corrected chi connectivity index (χ2v) is 6.85. The molecule has 5 heteroatoms. The normalized spacial score (nSPS) is 28.2. The van der Waals surface area contributed by atoms with E-state index in [1.807, 2.05) is 25.7 Å². The zero-order valence-electron chi connectivity index (χ0n) is 13.0. The van der Waals surface area contributed by atoms with Crippen LogP contribution in [0.4, 0.5) is 4.79 Å². The van der Waals surface area contributed by atoms with Crippen molar-refractivity contribution in [2.24, 2.45) is 5.92 Å². The molecule has 2 unspecified atom stereocenters. The summed E-state index contributed by atoms with van der Waals surface area (Å²) in [6.45, 7) is 9.78. The fourth-order valence-electron chi connectivity index (χ4n) is 2.92. The van der Waals surface area contributed by atoms with Crippen LogP contribution in [0, 0.1) is 5.92 Å². The maximum Gasteiger partial charge on any atom is 0.410 e. The molecule has 0 aromatic carbocycles. The Balaban J connectivity index is 1.92. The number of ether oxygens (including phenoxy) is 2. The van der Waals surface area contributed by atoms with E-state index in [0.29, 0.717) is 25.7 Å². The minimum absolute atomic E-state index is 0.156. The molecule has 1 amide bonds. The molecule has 20 heavy (non-hydrogen) atoms. The van der Waals surface area contributed by atoms with Crippen molar-refractivity contribution in [3.63, 3.8) is 0 Å². The Morgan fingerprint density at radius 2 is 2.25 bits per heavy atom. The number of nitrogens with zero attached hydrogens (tertiary/aromatic N) is 1. The van der Waals surface area contributed by atoms with Crippen LogP contribution >= 0.6 is 0 Å². The van der Waals surface area contributed by atoms with E-state index in [1.54, 1.807) is 0 Å². The summed E-state index contributed by atoms with van der Waals surface area (Å²) in [4.78, 5) is 14.2. The standard InChI is InChI=1S/C15H28N2O3/c1-15(2,3)20-14(18)17-7-8-19-11-13(17)9-12-5-4-6-16-10-12/h12-13,16H,4-11H2,1-3H3. The molecule has 0 saturated carbocycles. The van der Waals surface area contributed by atoms with E-state index in [0.717, 1.165) is 19.5 Å². The first kappa shape index (κ1) is 15.6. The van der Waals surface area contributed by atoms with Crippen LogP contribution in [0.2, 0.25) is 0 Å². The molecule has 0 bridgehead atoms. The Bertz CT molecular complexity index is 322. The summed E-state index contributed by atoms with van der Waals surface area (Å²) in [6.07, 6.45) is 3.28. The van der Waals surface area contributed by atoms with Gasteiger partial charge in [-0.15, -0.1) is 0 Å². The lowest BCUT2D eigenvalue weighted by Gasteiger charge is -2.38. The van der Waals surface area contributed by atoms with Gasteiger partial charge in [-0.05, 0) is 59.0 Å². The van der Waals surface area contributed by atoms with Gasteiger partial charge in [-0.3, -0.25) is 0 Å². The number of hydrogen-bond acceptors (Lipinski definition) is 4. The van der Waals surface area contributed by atoms with E-state index < -0.39 is 5.60 Å². The van der Waals surface area contributed by atoms with Crippen molar-refractivity contribution in [3.8, 4) is 0 Å². The van der Waals surface area contributed by atoms with E-state index >= 15 is 0 Å². The lowest BCUT2D eigenvalue weighted by atomic mass is 9.92. The number of morpholine rings is 1.